The minimum Gasteiger partial charge on any atom is -0.321 e. The number of aromatic nitrogens is 1. The van der Waals surface area contributed by atoms with E-state index < -0.39 is 5.91 Å². The van der Waals surface area contributed by atoms with E-state index in [0.29, 0.717) is 22.3 Å². The number of carbonyl (C=O) groups is 3. The summed E-state index contributed by atoms with van der Waals surface area (Å²) in [5.41, 5.74) is 3.96. The maximum Gasteiger partial charge on any atom is 0.272 e. The Balaban J connectivity index is 1.22. The summed E-state index contributed by atoms with van der Waals surface area (Å²) < 4.78 is 1.02. The third-order valence-corrected chi connectivity index (χ3v) is 8.43. The predicted octanol–water partition coefficient (Wildman–Crippen LogP) is 7.56. The molecular weight excluding hydrogens is 577 g/mol. The molecule has 0 saturated heterocycles. The first-order chi connectivity index (χ1) is 20.8. The Labute approximate surface area is 258 Å². The van der Waals surface area contributed by atoms with Gasteiger partial charge in [-0.15, -0.1) is 11.8 Å². The van der Waals surface area contributed by atoms with Gasteiger partial charge < -0.3 is 16.0 Å². The Kier molecular flexibility index (Phi) is 9.66. The van der Waals surface area contributed by atoms with Gasteiger partial charge in [0.25, 0.3) is 11.8 Å². The second-order valence-corrected chi connectivity index (χ2v) is 12.1. The molecule has 0 radical (unpaired) electrons. The van der Waals surface area contributed by atoms with Crippen LogP contribution in [0.15, 0.2) is 114 Å². The second kappa shape index (κ2) is 14.0. The zero-order valence-electron chi connectivity index (χ0n) is 23.7. The van der Waals surface area contributed by atoms with Crippen molar-refractivity contribution in [1.82, 2.24) is 10.3 Å². The number of nitrogens with zero attached hydrogens (tertiary/aromatic N) is 1. The van der Waals surface area contributed by atoms with Crippen molar-refractivity contribution >= 4 is 67.9 Å². The highest BCUT2D eigenvalue weighted by Crippen LogP contribution is 2.26. The van der Waals surface area contributed by atoms with Crippen LogP contribution in [0.3, 0.4) is 0 Å². The molecule has 1 aromatic heterocycles. The molecule has 0 fully saturated rings. The van der Waals surface area contributed by atoms with Crippen molar-refractivity contribution in [1.29, 1.82) is 0 Å². The lowest BCUT2D eigenvalue weighted by Crippen LogP contribution is -2.30. The summed E-state index contributed by atoms with van der Waals surface area (Å²) in [7, 11) is 0. The number of para-hydroxylation sites is 1. The molecule has 7 nitrogen and oxygen atoms in total. The molecule has 0 atom stereocenters. The SMILES string of the molecule is CC(C)c1ccc(/C=C(\NC(=O)c2ccccc2)C(=O)Nc2ccc(SCC(=O)Nc3nc4ccccc4s3)cc2)cc1. The molecule has 4 aromatic carbocycles. The first-order valence-electron chi connectivity index (χ1n) is 13.7. The van der Waals surface area contributed by atoms with Gasteiger partial charge in [-0.2, -0.15) is 0 Å². The maximum atomic E-state index is 13.3. The highest BCUT2D eigenvalue weighted by Gasteiger charge is 2.16. The first kappa shape index (κ1) is 29.8. The fourth-order valence-electron chi connectivity index (χ4n) is 4.15. The van der Waals surface area contributed by atoms with Gasteiger partial charge >= 0.3 is 0 Å². The molecule has 9 heteroatoms. The minimum absolute atomic E-state index is 0.121. The zero-order chi connectivity index (χ0) is 30.2. The minimum atomic E-state index is -0.451. The molecule has 3 N–H and O–H groups in total. The predicted molar refractivity (Wildman–Crippen MR) is 176 cm³/mol. The number of thiazole rings is 1. The van der Waals surface area contributed by atoms with Crippen molar-refractivity contribution in [2.45, 2.75) is 24.7 Å². The van der Waals surface area contributed by atoms with E-state index in [1.165, 1.54) is 28.7 Å². The van der Waals surface area contributed by atoms with Crippen LogP contribution < -0.4 is 16.0 Å². The van der Waals surface area contributed by atoms with E-state index in [1.54, 1.807) is 42.5 Å². The van der Waals surface area contributed by atoms with Crippen LogP contribution in [-0.4, -0.2) is 28.5 Å². The normalized spacial score (nSPS) is 11.4. The van der Waals surface area contributed by atoms with Crippen LogP contribution in [0.25, 0.3) is 16.3 Å². The zero-order valence-corrected chi connectivity index (χ0v) is 25.3. The van der Waals surface area contributed by atoms with Crippen LogP contribution >= 0.6 is 23.1 Å². The number of hydrogen-bond donors (Lipinski definition) is 3. The van der Waals surface area contributed by atoms with E-state index in [-0.39, 0.29) is 23.3 Å². The largest absolute Gasteiger partial charge is 0.321 e. The van der Waals surface area contributed by atoms with Crippen LogP contribution in [-0.2, 0) is 9.59 Å². The number of amides is 3. The molecule has 0 saturated carbocycles. The van der Waals surface area contributed by atoms with Crippen molar-refractivity contribution in [3.8, 4) is 0 Å². The quantitative estimate of drug-likeness (QED) is 0.113. The van der Waals surface area contributed by atoms with Gasteiger partial charge in [0.2, 0.25) is 5.91 Å². The summed E-state index contributed by atoms with van der Waals surface area (Å²) in [4.78, 5) is 44.0. The topological polar surface area (TPSA) is 100 Å². The third kappa shape index (κ3) is 8.18. The molecule has 3 amide bonds. The summed E-state index contributed by atoms with van der Waals surface area (Å²) >= 11 is 2.82. The molecule has 0 unspecified atom stereocenters. The van der Waals surface area contributed by atoms with Gasteiger partial charge in [-0.1, -0.05) is 79.8 Å². The standard InChI is InChI=1S/C34H30N4O3S2/c1-22(2)24-14-12-23(13-15-24)20-29(36-32(40)25-8-4-3-5-9-25)33(41)35-26-16-18-27(19-17-26)42-21-31(39)38-34-37-28-10-6-7-11-30(28)43-34/h3-20,22H,21H2,1-2H3,(H,35,41)(H,36,40)(H,37,38,39)/b29-20-. The van der Waals surface area contributed by atoms with Gasteiger partial charge in [0.05, 0.1) is 16.0 Å². The second-order valence-electron chi connectivity index (χ2n) is 10.0. The lowest BCUT2D eigenvalue weighted by molar-refractivity contribution is -0.114. The van der Waals surface area contributed by atoms with E-state index in [4.69, 9.17) is 0 Å². The van der Waals surface area contributed by atoms with Gasteiger partial charge in [-0.3, -0.25) is 14.4 Å². The molecule has 0 spiro atoms. The van der Waals surface area contributed by atoms with Crippen LogP contribution in [0.4, 0.5) is 10.8 Å². The molecule has 1 heterocycles. The summed E-state index contributed by atoms with van der Waals surface area (Å²) in [5, 5.41) is 9.07. The van der Waals surface area contributed by atoms with Gasteiger partial charge in [0.15, 0.2) is 5.13 Å². The summed E-state index contributed by atoms with van der Waals surface area (Å²) in [5.74, 6) is -0.376. The fraction of sp³-hybridized carbons (Fsp3) is 0.118. The van der Waals surface area contributed by atoms with Crippen molar-refractivity contribution in [2.75, 3.05) is 16.4 Å². The number of benzene rings is 4. The average molecular weight is 607 g/mol. The lowest BCUT2D eigenvalue weighted by atomic mass is 10.0. The van der Waals surface area contributed by atoms with Crippen molar-refractivity contribution < 1.29 is 14.4 Å². The molecule has 5 rings (SSSR count). The van der Waals surface area contributed by atoms with Crippen molar-refractivity contribution in [3.63, 3.8) is 0 Å². The van der Waals surface area contributed by atoms with Gasteiger partial charge in [-0.05, 0) is 71.7 Å². The Morgan fingerprint density at radius 2 is 1.53 bits per heavy atom. The van der Waals surface area contributed by atoms with E-state index >= 15 is 0 Å². The van der Waals surface area contributed by atoms with Crippen molar-refractivity contribution in [2.24, 2.45) is 0 Å². The number of rotatable bonds is 10. The molecule has 43 heavy (non-hydrogen) atoms. The Hall–Kier alpha value is -4.73. The Bertz CT molecular complexity index is 1730. The van der Waals surface area contributed by atoms with E-state index in [2.05, 4.69) is 34.8 Å². The van der Waals surface area contributed by atoms with E-state index in [0.717, 1.165) is 20.7 Å². The van der Waals surface area contributed by atoms with Gasteiger partial charge in [-0.25, -0.2) is 4.98 Å². The number of carbonyl (C=O) groups excluding carboxylic acids is 3. The van der Waals surface area contributed by atoms with Crippen LogP contribution in [0.5, 0.6) is 0 Å². The molecule has 216 valence electrons. The monoisotopic (exact) mass is 606 g/mol. The summed E-state index contributed by atoms with van der Waals surface area (Å²) in [6.45, 7) is 4.24. The number of thioether (sulfide) groups is 1. The Morgan fingerprint density at radius 3 is 2.23 bits per heavy atom. The van der Waals surface area contributed by atoms with Gasteiger partial charge in [0.1, 0.15) is 5.70 Å². The first-order valence-corrected chi connectivity index (χ1v) is 15.5. The fourth-order valence-corrected chi connectivity index (χ4v) is 5.73. The molecule has 0 aliphatic carbocycles. The number of fused-ring (bicyclic) bond motifs is 1. The van der Waals surface area contributed by atoms with E-state index in [9.17, 15) is 14.4 Å². The molecule has 0 aliphatic heterocycles. The maximum absolute atomic E-state index is 13.3. The molecule has 0 aliphatic rings. The molecule has 5 aromatic rings. The number of anilines is 2. The Morgan fingerprint density at radius 1 is 0.837 bits per heavy atom. The third-order valence-electron chi connectivity index (χ3n) is 6.47. The highest BCUT2D eigenvalue weighted by molar-refractivity contribution is 8.00. The van der Waals surface area contributed by atoms with Crippen LogP contribution in [0, 0.1) is 0 Å². The van der Waals surface area contributed by atoms with Crippen LogP contribution in [0.2, 0.25) is 0 Å². The average Bonchev–Trinajstić information content (AvgIpc) is 3.43. The molecule has 0 bridgehead atoms. The van der Waals surface area contributed by atoms with Crippen LogP contribution in [0.1, 0.15) is 41.3 Å². The lowest BCUT2D eigenvalue weighted by Gasteiger charge is -2.12. The number of nitrogens with one attached hydrogen (secondary N) is 3. The molecular formula is C34H30N4O3S2. The summed E-state index contributed by atoms with van der Waals surface area (Å²) in [6, 6.07) is 31.6. The van der Waals surface area contributed by atoms with Gasteiger partial charge in [0, 0.05) is 16.1 Å². The smallest absolute Gasteiger partial charge is 0.272 e. The van der Waals surface area contributed by atoms with E-state index in [1.807, 2.05) is 66.7 Å². The summed E-state index contributed by atoms with van der Waals surface area (Å²) in [6.07, 6.45) is 1.66. The highest BCUT2D eigenvalue weighted by atomic mass is 32.2. The number of hydrogen-bond acceptors (Lipinski definition) is 6. The van der Waals surface area contributed by atoms with Crippen molar-refractivity contribution in [3.05, 3.63) is 126 Å².